The predicted molar refractivity (Wildman–Crippen MR) is 96.1 cm³/mol. The van der Waals surface area contributed by atoms with Crippen molar-refractivity contribution in [1.29, 1.82) is 0 Å². The summed E-state index contributed by atoms with van der Waals surface area (Å²) in [4.78, 5) is 8.61. The third kappa shape index (κ3) is 4.70. The number of nitrogens with zero attached hydrogens (tertiary/aromatic N) is 2. The van der Waals surface area contributed by atoms with Crippen LogP contribution in [0.2, 0.25) is 0 Å². The number of benzene rings is 1. The van der Waals surface area contributed by atoms with Gasteiger partial charge in [-0.3, -0.25) is 4.98 Å². The minimum atomic E-state index is -3.33. The van der Waals surface area contributed by atoms with Crippen LogP contribution in [-0.2, 0) is 22.2 Å². The van der Waals surface area contributed by atoms with E-state index in [0.29, 0.717) is 13.0 Å². The summed E-state index contributed by atoms with van der Waals surface area (Å²) >= 11 is 1.53. The quantitative estimate of drug-likeness (QED) is 0.704. The number of hydrogen-bond donors (Lipinski definition) is 1. The molecule has 0 bridgehead atoms. The van der Waals surface area contributed by atoms with Gasteiger partial charge in [-0.2, -0.15) is 0 Å². The first-order valence-electron chi connectivity index (χ1n) is 7.48. The first kappa shape index (κ1) is 16.8. The van der Waals surface area contributed by atoms with Gasteiger partial charge in [0.2, 0.25) is 10.0 Å². The lowest BCUT2D eigenvalue weighted by atomic mass is 10.2. The summed E-state index contributed by atoms with van der Waals surface area (Å²) in [5.41, 5.74) is 2.62. The normalized spacial score (nSPS) is 11.5. The van der Waals surface area contributed by atoms with Gasteiger partial charge in [-0.05, 0) is 17.7 Å². The van der Waals surface area contributed by atoms with Crippen LogP contribution in [0.15, 0.2) is 60.2 Å². The van der Waals surface area contributed by atoms with E-state index in [1.807, 2.05) is 35.7 Å². The van der Waals surface area contributed by atoms with Gasteiger partial charge < -0.3 is 0 Å². The van der Waals surface area contributed by atoms with Gasteiger partial charge in [0.15, 0.2) is 0 Å². The van der Waals surface area contributed by atoms with E-state index in [-0.39, 0.29) is 5.75 Å². The molecule has 2 aromatic heterocycles. The summed E-state index contributed by atoms with van der Waals surface area (Å²) < 4.78 is 26.8. The van der Waals surface area contributed by atoms with Gasteiger partial charge in [0.25, 0.3) is 0 Å². The molecule has 0 atom stereocenters. The molecule has 0 aliphatic rings. The lowest BCUT2D eigenvalue weighted by molar-refractivity contribution is 0.580. The zero-order valence-corrected chi connectivity index (χ0v) is 14.6. The third-order valence-electron chi connectivity index (χ3n) is 3.36. The summed E-state index contributed by atoms with van der Waals surface area (Å²) in [7, 11) is -3.33. The second-order valence-corrected chi connectivity index (χ2v) is 7.94. The van der Waals surface area contributed by atoms with Gasteiger partial charge >= 0.3 is 0 Å². The molecular formula is C17H17N3O2S2. The molecule has 3 aromatic rings. The van der Waals surface area contributed by atoms with Crippen LogP contribution in [0.3, 0.4) is 0 Å². The highest BCUT2D eigenvalue weighted by Gasteiger charge is 2.11. The number of nitrogens with one attached hydrogen (secondary N) is 1. The van der Waals surface area contributed by atoms with Crippen molar-refractivity contribution in [2.24, 2.45) is 0 Å². The zero-order valence-electron chi connectivity index (χ0n) is 12.9. The van der Waals surface area contributed by atoms with Gasteiger partial charge in [-0.25, -0.2) is 18.1 Å². The lowest BCUT2D eigenvalue weighted by Crippen LogP contribution is -2.27. The smallest absolute Gasteiger partial charge is 0.215 e. The van der Waals surface area contributed by atoms with Crippen molar-refractivity contribution in [3.63, 3.8) is 0 Å². The van der Waals surface area contributed by atoms with Gasteiger partial charge in [0.1, 0.15) is 5.01 Å². The third-order valence-corrected chi connectivity index (χ3v) is 5.66. The number of pyridine rings is 1. The Morgan fingerprint density at radius 1 is 1.08 bits per heavy atom. The fourth-order valence-corrected chi connectivity index (χ4v) is 4.21. The second-order valence-electron chi connectivity index (χ2n) is 5.27. The van der Waals surface area contributed by atoms with Crippen molar-refractivity contribution in [1.82, 2.24) is 14.7 Å². The summed E-state index contributed by atoms with van der Waals surface area (Å²) in [5.74, 6) is -0.00809. The van der Waals surface area contributed by atoms with Crippen LogP contribution in [0.25, 0.3) is 10.6 Å². The van der Waals surface area contributed by atoms with Crippen molar-refractivity contribution in [3.8, 4) is 10.6 Å². The molecule has 0 amide bonds. The van der Waals surface area contributed by atoms with Crippen LogP contribution in [0.1, 0.15) is 11.3 Å². The molecule has 0 aliphatic carbocycles. The molecule has 124 valence electrons. The minimum absolute atomic E-state index is 0.00809. The van der Waals surface area contributed by atoms with Crippen LogP contribution in [0.4, 0.5) is 0 Å². The van der Waals surface area contributed by atoms with Crippen molar-refractivity contribution < 1.29 is 8.42 Å². The van der Waals surface area contributed by atoms with Crippen LogP contribution < -0.4 is 4.72 Å². The monoisotopic (exact) mass is 359 g/mol. The maximum Gasteiger partial charge on any atom is 0.215 e. The maximum absolute atomic E-state index is 12.1. The molecule has 5 nitrogen and oxygen atoms in total. The Hall–Kier alpha value is -2.09. The van der Waals surface area contributed by atoms with E-state index in [1.165, 1.54) is 11.3 Å². The molecule has 0 saturated carbocycles. The molecule has 0 aliphatic heterocycles. The van der Waals surface area contributed by atoms with Crippen LogP contribution >= 0.6 is 11.3 Å². The SMILES string of the molecule is O=S(=O)(Cc1ccccc1)NCCc1csc(-c2cccnc2)n1. The van der Waals surface area contributed by atoms with E-state index >= 15 is 0 Å². The van der Waals surface area contributed by atoms with E-state index < -0.39 is 10.0 Å². The van der Waals surface area contributed by atoms with E-state index in [0.717, 1.165) is 21.8 Å². The number of sulfonamides is 1. The zero-order chi connectivity index (χ0) is 16.8. The summed E-state index contributed by atoms with van der Waals surface area (Å²) in [6.07, 6.45) is 4.05. The Morgan fingerprint density at radius 2 is 1.92 bits per heavy atom. The molecule has 24 heavy (non-hydrogen) atoms. The standard InChI is InChI=1S/C17H17N3O2S2/c21-24(22,13-14-5-2-1-3-6-14)19-10-8-16-12-23-17(20-16)15-7-4-9-18-11-15/h1-7,9,11-12,19H,8,10,13H2. The van der Waals surface area contributed by atoms with Gasteiger partial charge in [-0.1, -0.05) is 30.3 Å². The Bertz CT molecular complexity index is 878. The second kappa shape index (κ2) is 7.65. The maximum atomic E-state index is 12.1. The van der Waals surface area contributed by atoms with Crippen LogP contribution in [-0.4, -0.2) is 24.9 Å². The highest BCUT2D eigenvalue weighted by Crippen LogP contribution is 2.22. The average molecular weight is 359 g/mol. The Morgan fingerprint density at radius 3 is 2.67 bits per heavy atom. The summed E-state index contributed by atoms with van der Waals surface area (Å²) in [6, 6.07) is 13.0. The molecule has 0 saturated heterocycles. The van der Waals surface area contributed by atoms with E-state index in [9.17, 15) is 8.42 Å². The fourth-order valence-electron chi connectivity index (χ4n) is 2.22. The highest BCUT2D eigenvalue weighted by molar-refractivity contribution is 7.88. The van der Waals surface area contributed by atoms with E-state index in [4.69, 9.17) is 0 Å². The van der Waals surface area contributed by atoms with Crippen LogP contribution in [0.5, 0.6) is 0 Å². The Kier molecular flexibility index (Phi) is 5.34. The lowest BCUT2D eigenvalue weighted by Gasteiger charge is -2.05. The topological polar surface area (TPSA) is 72.0 Å². The van der Waals surface area contributed by atoms with Gasteiger partial charge in [-0.15, -0.1) is 11.3 Å². The fraction of sp³-hybridized carbons (Fsp3) is 0.176. The molecule has 7 heteroatoms. The predicted octanol–water partition coefficient (Wildman–Crippen LogP) is 2.87. The summed E-state index contributed by atoms with van der Waals surface area (Å²) in [5, 5.41) is 2.85. The van der Waals surface area contributed by atoms with E-state index in [2.05, 4.69) is 14.7 Å². The van der Waals surface area contributed by atoms with Gasteiger partial charge in [0, 0.05) is 36.3 Å². The largest absolute Gasteiger partial charge is 0.264 e. The highest BCUT2D eigenvalue weighted by atomic mass is 32.2. The molecule has 0 fully saturated rings. The molecule has 0 spiro atoms. The number of rotatable bonds is 7. The average Bonchev–Trinajstić information content (AvgIpc) is 3.05. The summed E-state index contributed by atoms with van der Waals surface area (Å²) in [6.45, 7) is 0.339. The molecule has 0 radical (unpaired) electrons. The van der Waals surface area contributed by atoms with E-state index in [1.54, 1.807) is 24.5 Å². The first-order chi connectivity index (χ1) is 11.6. The number of thiazole rings is 1. The van der Waals surface area contributed by atoms with Crippen molar-refractivity contribution in [3.05, 3.63) is 71.5 Å². The van der Waals surface area contributed by atoms with Crippen LogP contribution in [0, 0.1) is 0 Å². The van der Waals surface area contributed by atoms with Gasteiger partial charge in [0.05, 0.1) is 11.4 Å². The number of aromatic nitrogens is 2. The van der Waals surface area contributed by atoms with Crippen molar-refractivity contribution in [2.45, 2.75) is 12.2 Å². The first-order valence-corrected chi connectivity index (χ1v) is 10.0. The molecule has 1 aromatic carbocycles. The Labute approximate surface area is 145 Å². The Balaban J connectivity index is 1.54. The molecule has 3 rings (SSSR count). The van der Waals surface area contributed by atoms with Crippen molar-refractivity contribution in [2.75, 3.05) is 6.54 Å². The number of hydrogen-bond acceptors (Lipinski definition) is 5. The molecule has 1 N–H and O–H groups in total. The molecule has 2 heterocycles. The molecular weight excluding hydrogens is 342 g/mol. The minimum Gasteiger partial charge on any atom is -0.264 e. The molecule has 0 unspecified atom stereocenters. The van der Waals surface area contributed by atoms with Crippen molar-refractivity contribution >= 4 is 21.4 Å².